The molecule has 1 atom stereocenters. The molecule has 2 aromatic rings. The van der Waals surface area contributed by atoms with E-state index in [1.807, 2.05) is 11.6 Å². The van der Waals surface area contributed by atoms with Crippen molar-refractivity contribution in [1.82, 2.24) is 15.1 Å². The molecule has 1 aromatic carbocycles. The molecule has 3 aliphatic heterocycles. The van der Waals surface area contributed by atoms with Gasteiger partial charge < -0.3 is 19.3 Å². The Morgan fingerprint density at radius 3 is 2.71 bits per heavy atom. The van der Waals surface area contributed by atoms with Crippen LogP contribution in [-0.2, 0) is 4.74 Å². The summed E-state index contributed by atoms with van der Waals surface area (Å²) in [4.78, 5) is 5.07. The molecule has 0 radical (unpaired) electrons. The van der Waals surface area contributed by atoms with E-state index in [1.165, 1.54) is 25.3 Å². The van der Waals surface area contributed by atoms with Gasteiger partial charge in [-0.2, -0.15) is 0 Å². The summed E-state index contributed by atoms with van der Waals surface area (Å²) in [7, 11) is 0. The van der Waals surface area contributed by atoms with Crippen LogP contribution < -0.4 is 9.64 Å². The quantitative estimate of drug-likeness (QED) is 0.701. The van der Waals surface area contributed by atoms with Crippen molar-refractivity contribution in [2.24, 2.45) is 5.41 Å². The van der Waals surface area contributed by atoms with Gasteiger partial charge in [-0.05, 0) is 57.2 Å². The SMILES string of the molecule is Fc1cccc(C2CCN(C3CCC4(C3)CN(c3nncs3)C4)CC2)c1OC1COC1. The van der Waals surface area contributed by atoms with Crippen LogP contribution in [0.3, 0.4) is 0 Å². The zero-order valence-electron chi connectivity index (χ0n) is 17.7. The maximum Gasteiger partial charge on any atom is 0.208 e. The Morgan fingerprint density at radius 1 is 1.16 bits per heavy atom. The fourth-order valence-corrected chi connectivity index (χ4v) is 6.54. The Labute approximate surface area is 186 Å². The summed E-state index contributed by atoms with van der Waals surface area (Å²) in [5.41, 5.74) is 3.33. The number of benzene rings is 1. The van der Waals surface area contributed by atoms with Crippen molar-refractivity contribution in [3.8, 4) is 5.75 Å². The third-order valence-electron chi connectivity index (χ3n) is 7.72. The van der Waals surface area contributed by atoms with Crippen LogP contribution in [0.25, 0.3) is 0 Å². The second-order valence-electron chi connectivity index (χ2n) is 9.72. The molecule has 1 aromatic heterocycles. The number of para-hydroxylation sites is 1. The van der Waals surface area contributed by atoms with Crippen LogP contribution in [-0.4, -0.2) is 66.6 Å². The number of nitrogens with zero attached hydrogens (tertiary/aromatic N) is 4. The van der Waals surface area contributed by atoms with Crippen LogP contribution >= 0.6 is 11.3 Å². The average molecular weight is 445 g/mol. The van der Waals surface area contributed by atoms with Crippen LogP contribution in [0, 0.1) is 11.2 Å². The van der Waals surface area contributed by atoms with Gasteiger partial charge in [0.05, 0.1) is 13.2 Å². The molecule has 8 heteroatoms. The molecule has 4 heterocycles. The largest absolute Gasteiger partial charge is 0.482 e. The number of rotatable bonds is 5. The van der Waals surface area contributed by atoms with Crippen molar-refractivity contribution >= 4 is 16.5 Å². The molecule has 6 nitrogen and oxygen atoms in total. The molecular formula is C23H29FN4O2S. The minimum Gasteiger partial charge on any atom is -0.482 e. The molecule has 1 aliphatic carbocycles. The van der Waals surface area contributed by atoms with E-state index >= 15 is 0 Å². The van der Waals surface area contributed by atoms with Crippen molar-refractivity contribution in [3.63, 3.8) is 0 Å². The number of hydrogen-bond donors (Lipinski definition) is 0. The highest BCUT2D eigenvalue weighted by Crippen LogP contribution is 2.49. The first-order valence-electron chi connectivity index (χ1n) is 11.5. The van der Waals surface area contributed by atoms with E-state index in [-0.39, 0.29) is 11.9 Å². The smallest absolute Gasteiger partial charge is 0.208 e. The number of halogens is 1. The van der Waals surface area contributed by atoms with E-state index in [0.717, 1.165) is 49.7 Å². The first-order valence-corrected chi connectivity index (χ1v) is 12.4. The van der Waals surface area contributed by atoms with Gasteiger partial charge in [-0.15, -0.1) is 10.2 Å². The predicted octanol–water partition coefficient (Wildman–Crippen LogP) is 3.69. The normalized spacial score (nSPS) is 26.7. The van der Waals surface area contributed by atoms with Crippen molar-refractivity contribution in [2.45, 2.75) is 50.2 Å². The van der Waals surface area contributed by atoms with Gasteiger partial charge in [0.1, 0.15) is 11.6 Å². The average Bonchev–Trinajstić information content (AvgIpc) is 3.40. The van der Waals surface area contributed by atoms with Gasteiger partial charge in [0, 0.05) is 30.1 Å². The van der Waals surface area contributed by atoms with Crippen molar-refractivity contribution in [1.29, 1.82) is 0 Å². The molecular weight excluding hydrogens is 415 g/mol. The first kappa shape index (κ1) is 19.9. The van der Waals surface area contributed by atoms with E-state index in [2.05, 4.69) is 26.1 Å². The zero-order chi connectivity index (χ0) is 20.8. The molecule has 0 amide bonds. The minimum absolute atomic E-state index is 0.00683. The lowest BCUT2D eigenvalue weighted by Crippen LogP contribution is -2.56. The lowest BCUT2D eigenvalue weighted by molar-refractivity contribution is -0.0814. The van der Waals surface area contributed by atoms with Crippen molar-refractivity contribution < 1.29 is 13.9 Å². The summed E-state index contributed by atoms with van der Waals surface area (Å²) in [6.45, 7) is 5.56. The Kier molecular flexibility index (Phi) is 5.11. The number of hydrogen-bond acceptors (Lipinski definition) is 7. The summed E-state index contributed by atoms with van der Waals surface area (Å²) in [6.07, 6.45) is 6.04. The Hall–Kier alpha value is -1.77. The molecule has 3 saturated heterocycles. The minimum atomic E-state index is -0.241. The number of piperidine rings is 1. The van der Waals surface area contributed by atoms with E-state index in [4.69, 9.17) is 9.47 Å². The van der Waals surface area contributed by atoms with Crippen molar-refractivity contribution in [2.75, 3.05) is 44.3 Å². The molecule has 1 saturated carbocycles. The topological polar surface area (TPSA) is 50.7 Å². The highest BCUT2D eigenvalue weighted by molar-refractivity contribution is 7.13. The number of ether oxygens (including phenoxy) is 2. The number of anilines is 1. The standard InChI is InChI=1S/C23H29FN4O2S/c24-20-3-1-2-19(21(20)30-18-11-29-12-18)16-5-8-27(9-6-16)17-4-7-23(10-17)13-28(14-23)22-26-25-15-31-22/h1-3,15-18H,4-14H2. The molecule has 6 rings (SSSR count). The molecule has 0 N–H and O–H groups in total. The van der Waals surface area contributed by atoms with Gasteiger partial charge in [0.2, 0.25) is 5.13 Å². The van der Waals surface area contributed by atoms with Crippen LogP contribution in [0.5, 0.6) is 5.75 Å². The Morgan fingerprint density at radius 2 is 2.00 bits per heavy atom. The van der Waals surface area contributed by atoms with Gasteiger partial charge in [-0.25, -0.2) is 4.39 Å². The molecule has 4 aliphatic rings. The second kappa shape index (κ2) is 7.98. The van der Waals surface area contributed by atoms with E-state index in [1.54, 1.807) is 11.3 Å². The predicted molar refractivity (Wildman–Crippen MR) is 117 cm³/mol. The van der Waals surface area contributed by atoms with Crippen LogP contribution in [0.2, 0.25) is 0 Å². The first-order chi connectivity index (χ1) is 15.2. The Bertz CT molecular complexity index is 908. The summed E-state index contributed by atoms with van der Waals surface area (Å²) in [5.74, 6) is 0.588. The molecule has 1 spiro atoms. The summed E-state index contributed by atoms with van der Waals surface area (Å²) in [5, 5.41) is 9.26. The monoisotopic (exact) mass is 444 g/mol. The van der Waals surface area contributed by atoms with Gasteiger partial charge in [0.25, 0.3) is 0 Å². The Balaban J connectivity index is 1.05. The third-order valence-corrected chi connectivity index (χ3v) is 8.47. The summed E-state index contributed by atoms with van der Waals surface area (Å²) < 4.78 is 25.7. The van der Waals surface area contributed by atoms with Crippen LogP contribution in [0.4, 0.5) is 9.52 Å². The number of aromatic nitrogens is 2. The zero-order valence-corrected chi connectivity index (χ0v) is 18.5. The number of likely N-dealkylation sites (tertiary alicyclic amines) is 1. The van der Waals surface area contributed by atoms with Crippen LogP contribution in [0.1, 0.15) is 43.6 Å². The fraction of sp³-hybridized carbons (Fsp3) is 0.652. The van der Waals surface area contributed by atoms with Gasteiger partial charge in [-0.1, -0.05) is 23.5 Å². The van der Waals surface area contributed by atoms with Gasteiger partial charge >= 0.3 is 0 Å². The highest BCUT2D eigenvalue weighted by atomic mass is 32.1. The third kappa shape index (κ3) is 3.72. The lowest BCUT2D eigenvalue weighted by Gasteiger charge is -2.48. The maximum atomic E-state index is 14.5. The molecule has 1 unspecified atom stereocenters. The summed E-state index contributed by atoms with van der Waals surface area (Å²) in [6, 6.07) is 6.07. The summed E-state index contributed by atoms with van der Waals surface area (Å²) >= 11 is 1.64. The maximum absolute atomic E-state index is 14.5. The lowest BCUT2D eigenvalue weighted by atomic mass is 9.78. The van der Waals surface area contributed by atoms with Crippen molar-refractivity contribution in [3.05, 3.63) is 35.1 Å². The van der Waals surface area contributed by atoms with Crippen LogP contribution in [0.15, 0.2) is 23.7 Å². The molecule has 4 fully saturated rings. The molecule has 166 valence electrons. The molecule has 0 bridgehead atoms. The van der Waals surface area contributed by atoms with Gasteiger partial charge in [-0.3, -0.25) is 0 Å². The fourth-order valence-electron chi connectivity index (χ4n) is 5.98. The van der Waals surface area contributed by atoms with E-state index in [9.17, 15) is 4.39 Å². The van der Waals surface area contributed by atoms with E-state index in [0.29, 0.717) is 36.3 Å². The second-order valence-corrected chi connectivity index (χ2v) is 10.5. The highest BCUT2D eigenvalue weighted by Gasteiger charge is 2.50. The molecule has 31 heavy (non-hydrogen) atoms. The van der Waals surface area contributed by atoms with Gasteiger partial charge in [0.15, 0.2) is 11.6 Å². The van der Waals surface area contributed by atoms with E-state index < -0.39 is 0 Å².